The van der Waals surface area contributed by atoms with Crippen LogP contribution in [-0.2, 0) is 0 Å². The van der Waals surface area contributed by atoms with Crippen molar-refractivity contribution in [3.63, 3.8) is 0 Å². The minimum atomic E-state index is 0.444. The van der Waals surface area contributed by atoms with Crippen LogP contribution in [-0.4, -0.2) is 19.0 Å². The Balaban J connectivity index is 2.26. The summed E-state index contributed by atoms with van der Waals surface area (Å²) in [5.74, 6) is 0.589. The van der Waals surface area contributed by atoms with Gasteiger partial charge in [0.2, 0.25) is 0 Å². The third-order valence-electron chi connectivity index (χ3n) is 2.55. The second-order valence-corrected chi connectivity index (χ2v) is 3.90. The van der Waals surface area contributed by atoms with Gasteiger partial charge in [-0.3, -0.25) is 4.99 Å². The molecule has 0 bridgehead atoms. The molecule has 0 radical (unpaired) electrons. The highest BCUT2D eigenvalue weighted by molar-refractivity contribution is 5.77. The van der Waals surface area contributed by atoms with Gasteiger partial charge in [0, 0.05) is 13.1 Å². The SMILES string of the molecule is CCNC(N)=NCC1(C)CCC1. The first-order chi connectivity index (χ1) is 5.66. The van der Waals surface area contributed by atoms with E-state index in [9.17, 15) is 0 Å². The number of nitrogens with two attached hydrogens (primary N) is 1. The first-order valence-corrected chi connectivity index (χ1v) is 4.70. The standard InChI is InChI=1S/C9H19N3/c1-3-11-8(10)12-7-9(2)5-4-6-9/h3-7H2,1-2H3,(H3,10,11,12). The largest absolute Gasteiger partial charge is 0.370 e. The third-order valence-corrected chi connectivity index (χ3v) is 2.55. The number of hydrogen-bond acceptors (Lipinski definition) is 1. The van der Waals surface area contributed by atoms with Gasteiger partial charge < -0.3 is 11.1 Å². The van der Waals surface area contributed by atoms with Crippen molar-refractivity contribution in [2.24, 2.45) is 16.1 Å². The summed E-state index contributed by atoms with van der Waals surface area (Å²) in [6, 6.07) is 0. The lowest BCUT2D eigenvalue weighted by atomic mass is 9.71. The zero-order chi connectivity index (χ0) is 9.03. The first kappa shape index (κ1) is 9.36. The molecule has 0 atom stereocenters. The normalized spacial score (nSPS) is 21.7. The molecule has 0 aromatic rings. The van der Waals surface area contributed by atoms with Gasteiger partial charge in [0.25, 0.3) is 0 Å². The number of hydrogen-bond donors (Lipinski definition) is 2. The number of aliphatic imine (C=N–C) groups is 1. The average molecular weight is 169 g/mol. The smallest absolute Gasteiger partial charge is 0.188 e. The van der Waals surface area contributed by atoms with Crippen LogP contribution in [0.1, 0.15) is 33.1 Å². The van der Waals surface area contributed by atoms with Gasteiger partial charge in [-0.15, -0.1) is 0 Å². The van der Waals surface area contributed by atoms with Gasteiger partial charge >= 0.3 is 0 Å². The Bertz CT molecular complexity index is 171. The molecule has 70 valence electrons. The second kappa shape index (κ2) is 3.78. The van der Waals surface area contributed by atoms with Gasteiger partial charge in [-0.2, -0.15) is 0 Å². The van der Waals surface area contributed by atoms with E-state index in [1.807, 2.05) is 6.92 Å². The Kier molecular flexibility index (Phi) is 2.95. The Labute approximate surface area is 74.4 Å². The van der Waals surface area contributed by atoms with Crippen molar-refractivity contribution >= 4 is 5.96 Å². The van der Waals surface area contributed by atoms with Crippen LogP contribution in [0.25, 0.3) is 0 Å². The van der Waals surface area contributed by atoms with Crippen molar-refractivity contribution < 1.29 is 0 Å². The van der Waals surface area contributed by atoms with Crippen molar-refractivity contribution in [2.75, 3.05) is 13.1 Å². The van der Waals surface area contributed by atoms with Crippen molar-refractivity contribution in [2.45, 2.75) is 33.1 Å². The van der Waals surface area contributed by atoms with Crippen molar-refractivity contribution in [3.05, 3.63) is 0 Å². The molecule has 3 N–H and O–H groups in total. The van der Waals surface area contributed by atoms with Crippen LogP contribution in [0.5, 0.6) is 0 Å². The molecular formula is C9H19N3. The average Bonchev–Trinajstić information content (AvgIpc) is 1.98. The summed E-state index contributed by atoms with van der Waals surface area (Å²) in [5.41, 5.74) is 6.05. The van der Waals surface area contributed by atoms with E-state index in [1.54, 1.807) is 0 Å². The van der Waals surface area contributed by atoms with Gasteiger partial charge in [-0.1, -0.05) is 13.3 Å². The van der Waals surface area contributed by atoms with Gasteiger partial charge in [-0.05, 0) is 25.2 Å². The number of rotatable bonds is 3. The van der Waals surface area contributed by atoms with Crippen molar-refractivity contribution in [1.29, 1.82) is 0 Å². The maximum absolute atomic E-state index is 5.61. The molecule has 3 heteroatoms. The quantitative estimate of drug-likeness (QED) is 0.491. The Morgan fingerprint density at radius 3 is 2.67 bits per heavy atom. The number of guanidine groups is 1. The summed E-state index contributed by atoms with van der Waals surface area (Å²) in [7, 11) is 0. The molecule has 1 aliphatic rings. The fraction of sp³-hybridized carbons (Fsp3) is 0.889. The van der Waals surface area contributed by atoms with E-state index in [0.717, 1.165) is 13.1 Å². The van der Waals surface area contributed by atoms with Crippen LogP contribution in [0.4, 0.5) is 0 Å². The van der Waals surface area contributed by atoms with E-state index < -0.39 is 0 Å². The minimum Gasteiger partial charge on any atom is -0.370 e. The van der Waals surface area contributed by atoms with Crippen molar-refractivity contribution in [1.82, 2.24) is 5.32 Å². The zero-order valence-corrected chi connectivity index (χ0v) is 8.06. The lowest BCUT2D eigenvalue weighted by Crippen LogP contribution is -2.35. The second-order valence-electron chi connectivity index (χ2n) is 3.90. The van der Waals surface area contributed by atoms with E-state index in [1.165, 1.54) is 19.3 Å². The molecule has 0 saturated heterocycles. The van der Waals surface area contributed by atoms with E-state index in [-0.39, 0.29) is 0 Å². The summed E-state index contributed by atoms with van der Waals surface area (Å²) in [6.45, 7) is 6.03. The van der Waals surface area contributed by atoms with Gasteiger partial charge in [0.1, 0.15) is 0 Å². The molecule has 1 fully saturated rings. The van der Waals surface area contributed by atoms with E-state index >= 15 is 0 Å². The van der Waals surface area contributed by atoms with Crippen LogP contribution < -0.4 is 11.1 Å². The minimum absolute atomic E-state index is 0.444. The van der Waals surface area contributed by atoms with Gasteiger partial charge in [-0.25, -0.2) is 0 Å². The van der Waals surface area contributed by atoms with E-state index in [2.05, 4.69) is 17.2 Å². The van der Waals surface area contributed by atoms with Crippen LogP contribution in [0.3, 0.4) is 0 Å². The Hall–Kier alpha value is -0.730. The zero-order valence-electron chi connectivity index (χ0n) is 8.06. The molecule has 1 saturated carbocycles. The summed E-state index contributed by atoms with van der Waals surface area (Å²) in [5, 5.41) is 2.99. The van der Waals surface area contributed by atoms with E-state index in [0.29, 0.717) is 11.4 Å². The molecule has 1 rings (SSSR count). The summed E-state index contributed by atoms with van der Waals surface area (Å²) in [6.07, 6.45) is 3.96. The lowest BCUT2D eigenvalue weighted by Gasteiger charge is -2.36. The number of nitrogens with one attached hydrogen (secondary N) is 1. The summed E-state index contributed by atoms with van der Waals surface area (Å²) in [4.78, 5) is 4.29. The Morgan fingerprint density at radius 1 is 1.58 bits per heavy atom. The topological polar surface area (TPSA) is 50.4 Å². The highest BCUT2D eigenvalue weighted by Crippen LogP contribution is 2.40. The fourth-order valence-electron chi connectivity index (χ4n) is 1.45. The fourth-order valence-corrected chi connectivity index (χ4v) is 1.45. The first-order valence-electron chi connectivity index (χ1n) is 4.70. The molecule has 0 unspecified atom stereocenters. The van der Waals surface area contributed by atoms with Gasteiger partial charge in [0.15, 0.2) is 5.96 Å². The molecule has 0 aromatic carbocycles. The molecule has 0 amide bonds. The molecule has 1 aliphatic carbocycles. The maximum atomic E-state index is 5.61. The van der Waals surface area contributed by atoms with E-state index in [4.69, 9.17) is 5.73 Å². The molecular weight excluding hydrogens is 150 g/mol. The maximum Gasteiger partial charge on any atom is 0.188 e. The molecule has 0 aliphatic heterocycles. The van der Waals surface area contributed by atoms with Crippen LogP contribution in [0.15, 0.2) is 4.99 Å². The number of nitrogens with zero attached hydrogens (tertiary/aromatic N) is 1. The highest BCUT2D eigenvalue weighted by Gasteiger charge is 2.31. The molecule has 12 heavy (non-hydrogen) atoms. The van der Waals surface area contributed by atoms with Crippen LogP contribution in [0, 0.1) is 5.41 Å². The third kappa shape index (κ3) is 2.40. The summed E-state index contributed by atoms with van der Waals surface area (Å²) >= 11 is 0. The molecule has 0 heterocycles. The summed E-state index contributed by atoms with van der Waals surface area (Å²) < 4.78 is 0. The molecule has 0 spiro atoms. The van der Waals surface area contributed by atoms with Crippen LogP contribution >= 0.6 is 0 Å². The lowest BCUT2D eigenvalue weighted by molar-refractivity contribution is 0.173. The monoisotopic (exact) mass is 169 g/mol. The Morgan fingerprint density at radius 2 is 2.25 bits per heavy atom. The predicted molar refractivity (Wildman–Crippen MR) is 52.1 cm³/mol. The van der Waals surface area contributed by atoms with Crippen molar-refractivity contribution in [3.8, 4) is 0 Å². The molecule has 3 nitrogen and oxygen atoms in total. The predicted octanol–water partition coefficient (Wildman–Crippen LogP) is 1.10. The highest BCUT2D eigenvalue weighted by atomic mass is 15.1. The van der Waals surface area contributed by atoms with Gasteiger partial charge in [0.05, 0.1) is 0 Å². The molecule has 0 aromatic heterocycles. The van der Waals surface area contributed by atoms with Crippen LogP contribution in [0.2, 0.25) is 0 Å².